The molecule has 3 N–H and O–H groups in total. The van der Waals surface area contributed by atoms with Crippen molar-refractivity contribution in [2.45, 2.75) is 433 Å². The summed E-state index contributed by atoms with van der Waals surface area (Å²) in [6.45, 7) is 14.2. The molecule has 19 heteroatoms. The van der Waals surface area contributed by atoms with E-state index >= 15 is 0 Å². The van der Waals surface area contributed by atoms with Gasteiger partial charge in [-0.3, -0.25) is 37.3 Å². The number of phosphoric acid groups is 2. The average Bonchev–Trinajstić information content (AvgIpc) is 0.918. The third-order valence-electron chi connectivity index (χ3n) is 19.2. The molecule has 3 unspecified atom stereocenters. The molecule has 0 amide bonds. The molecular weight excluding hydrogens is 1310 g/mol. The number of ether oxygens (including phenoxy) is 4. The Bertz CT molecular complexity index is 1960. The van der Waals surface area contributed by atoms with Gasteiger partial charge in [0.15, 0.2) is 12.2 Å². The summed E-state index contributed by atoms with van der Waals surface area (Å²) in [6, 6.07) is 0. The fraction of sp³-hybridized carbons (Fsp3) is 0.951. The van der Waals surface area contributed by atoms with Crippen molar-refractivity contribution in [3.8, 4) is 0 Å². The van der Waals surface area contributed by atoms with Crippen LogP contribution >= 0.6 is 15.6 Å². The van der Waals surface area contributed by atoms with E-state index in [1.807, 2.05) is 0 Å². The molecule has 0 aromatic rings. The third kappa shape index (κ3) is 73.0. The predicted octanol–water partition coefficient (Wildman–Crippen LogP) is 24.0. The molecule has 0 saturated heterocycles. The van der Waals surface area contributed by atoms with E-state index in [0.29, 0.717) is 25.7 Å². The van der Waals surface area contributed by atoms with Gasteiger partial charge >= 0.3 is 39.5 Å². The van der Waals surface area contributed by atoms with E-state index in [4.69, 9.17) is 37.0 Å². The summed E-state index contributed by atoms with van der Waals surface area (Å²) in [5.74, 6) is 0.969. The van der Waals surface area contributed by atoms with Crippen molar-refractivity contribution in [1.29, 1.82) is 0 Å². The fourth-order valence-electron chi connectivity index (χ4n) is 12.4. The molecule has 0 rings (SSSR count). The number of aliphatic hydroxyl groups excluding tert-OH is 1. The number of aliphatic hydroxyl groups is 1. The van der Waals surface area contributed by atoms with Gasteiger partial charge in [-0.05, 0) is 49.4 Å². The number of esters is 4. The summed E-state index contributed by atoms with van der Waals surface area (Å²) in [7, 11) is -9.92. The molecule has 0 aliphatic rings. The molecule has 0 saturated carbocycles. The molecule has 0 bridgehead atoms. The maximum atomic E-state index is 13.1. The van der Waals surface area contributed by atoms with E-state index in [0.717, 1.165) is 120 Å². The molecule has 0 fully saturated rings. The Hall–Kier alpha value is -1.94. The lowest BCUT2D eigenvalue weighted by Gasteiger charge is -2.21. The quantitative estimate of drug-likeness (QED) is 0.0222. The van der Waals surface area contributed by atoms with Crippen LogP contribution in [0.2, 0.25) is 0 Å². The molecule has 594 valence electrons. The molecule has 0 aromatic carbocycles. The van der Waals surface area contributed by atoms with Gasteiger partial charge in [-0.25, -0.2) is 9.13 Å². The number of hydrogen-bond acceptors (Lipinski definition) is 15. The number of carbonyl (C=O) groups excluding carboxylic acids is 4. The molecular formula is C81H158O17P2. The first-order chi connectivity index (χ1) is 48.1. The van der Waals surface area contributed by atoms with Gasteiger partial charge in [0.25, 0.3) is 0 Å². The number of hydrogen-bond donors (Lipinski definition) is 3. The van der Waals surface area contributed by atoms with Crippen LogP contribution in [0.5, 0.6) is 0 Å². The van der Waals surface area contributed by atoms with Crippen molar-refractivity contribution in [3.05, 3.63) is 0 Å². The smallest absolute Gasteiger partial charge is 0.462 e. The van der Waals surface area contributed by atoms with Crippen molar-refractivity contribution in [3.63, 3.8) is 0 Å². The van der Waals surface area contributed by atoms with Gasteiger partial charge < -0.3 is 33.8 Å². The van der Waals surface area contributed by atoms with Crippen molar-refractivity contribution >= 4 is 39.5 Å². The minimum Gasteiger partial charge on any atom is -0.462 e. The molecule has 6 atom stereocenters. The highest BCUT2D eigenvalue weighted by atomic mass is 31.2. The largest absolute Gasteiger partial charge is 0.472 e. The zero-order valence-electron chi connectivity index (χ0n) is 65.8. The van der Waals surface area contributed by atoms with Crippen LogP contribution in [-0.4, -0.2) is 96.7 Å². The van der Waals surface area contributed by atoms with E-state index in [-0.39, 0.29) is 25.7 Å². The first-order valence-corrected chi connectivity index (χ1v) is 44.7. The first kappa shape index (κ1) is 98.1. The molecule has 17 nitrogen and oxygen atoms in total. The zero-order chi connectivity index (χ0) is 73.8. The summed E-state index contributed by atoms with van der Waals surface area (Å²) in [6.07, 6.45) is 57.0. The maximum Gasteiger partial charge on any atom is 0.472 e. The lowest BCUT2D eigenvalue weighted by Crippen LogP contribution is -2.30. The fourth-order valence-corrected chi connectivity index (χ4v) is 14.0. The highest BCUT2D eigenvalue weighted by molar-refractivity contribution is 7.47. The van der Waals surface area contributed by atoms with Gasteiger partial charge in [0, 0.05) is 25.7 Å². The van der Waals surface area contributed by atoms with Gasteiger partial charge in [0.1, 0.15) is 19.3 Å². The Morgan fingerprint density at radius 1 is 0.280 bits per heavy atom. The van der Waals surface area contributed by atoms with E-state index in [1.165, 1.54) is 212 Å². The highest BCUT2D eigenvalue weighted by Gasteiger charge is 2.30. The molecule has 0 aliphatic carbocycles. The first-order valence-electron chi connectivity index (χ1n) is 41.7. The van der Waals surface area contributed by atoms with Crippen molar-refractivity contribution in [2.75, 3.05) is 39.6 Å². The highest BCUT2D eigenvalue weighted by Crippen LogP contribution is 2.45. The predicted molar refractivity (Wildman–Crippen MR) is 409 cm³/mol. The van der Waals surface area contributed by atoms with Crippen LogP contribution in [0, 0.1) is 23.7 Å². The van der Waals surface area contributed by atoms with Gasteiger partial charge in [-0.1, -0.05) is 364 Å². The van der Waals surface area contributed by atoms with E-state index < -0.39 is 97.5 Å². The standard InChI is InChI=1S/C81H158O17P2/c1-9-74(8)60-52-44-39-40-46-54-62-79(84)92-68-77(98-80(85)63-55-47-37-31-25-21-17-16-19-23-28-34-42-50-58-72(4)5)70-96-100(89,90)94-66-75(82)65-93-99(87,88)95-69-76(97-81(86)64-56-48-38-32-26-29-35-43-51-59-73(6)7)67-91-78(83)61-53-45-36-30-24-20-15-13-11-10-12-14-18-22-27-33-41-49-57-71(2)3/h71-77,82H,9-70H2,1-8H3,(H,87,88)(H,89,90)/t74?,75-,76-,77-/m1/s1. The van der Waals surface area contributed by atoms with Gasteiger partial charge in [-0.15, -0.1) is 0 Å². The Kier molecular flexibility index (Phi) is 68.7. The number of rotatable bonds is 78. The second kappa shape index (κ2) is 70.1. The van der Waals surface area contributed by atoms with Gasteiger partial charge in [-0.2, -0.15) is 0 Å². The van der Waals surface area contributed by atoms with Crippen LogP contribution in [0.4, 0.5) is 0 Å². The van der Waals surface area contributed by atoms with Crippen molar-refractivity contribution in [1.82, 2.24) is 0 Å². The van der Waals surface area contributed by atoms with E-state index in [9.17, 15) is 43.2 Å². The van der Waals surface area contributed by atoms with Gasteiger partial charge in [0.2, 0.25) is 0 Å². The molecule has 0 heterocycles. The normalized spacial score (nSPS) is 14.3. The summed E-state index contributed by atoms with van der Waals surface area (Å²) < 4.78 is 68.7. The zero-order valence-corrected chi connectivity index (χ0v) is 67.6. The summed E-state index contributed by atoms with van der Waals surface area (Å²) in [4.78, 5) is 73.0. The van der Waals surface area contributed by atoms with Crippen molar-refractivity contribution in [2.24, 2.45) is 23.7 Å². The van der Waals surface area contributed by atoms with Gasteiger partial charge in [0.05, 0.1) is 26.4 Å². The Morgan fingerprint density at radius 3 is 0.710 bits per heavy atom. The Morgan fingerprint density at radius 2 is 0.480 bits per heavy atom. The van der Waals surface area contributed by atoms with Crippen LogP contribution < -0.4 is 0 Å². The Balaban J connectivity index is 5.18. The molecule has 0 radical (unpaired) electrons. The second-order valence-corrected chi connectivity index (χ2v) is 33.7. The summed E-state index contributed by atoms with van der Waals surface area (Å²) >= 11 is 0. The number of carbonyl (C=O) groups is 4. The average molecular weight is 1470 g/mol. The van der Waals surface area contributed by atoms with Crippen LogP contribution in [0.3, 0.4) is 0 Å². The second-order valence-electron chi connectivity index (χ2n) is 30.8. The lowest BCUT2D eigenvalue weighted by molar-refractivity contribution is -0.161. The molecule has 0 spiro atoms. The van der Waals surface area contributed by atoms with Crippen LogP contribution in [-0.2, 0) is 65.4 Å². The molecule has 100 heavy (non-hydrogen) atoms. The topological polar surface area (TPSA) is 237 Å². The maximum absolute atomic E-state index is 13.1. The molecule has 0 aliphatic heterocycles. The minimum absolute atomic E-state index is 0.105. The number of unbranched alkanes of at least 4 members (excludes halogenated alkanes) is 43. The summed E-state index contributed by atoms with van der Waals surface area (Å²) in [5, 5.41) is 10.6. The number of phosphoric ester groups is 2. The van der Waals surface area contributed by atoms with E-state index in [1.54, 1.807) is 0 Å². The van der Waals surface area contributed by atoms with Crippen LogP contribution in [0.1, 0.15) is 415 Å². The SMILES string of the molecule is CCC(C)CCCCCCCCC(=O)OC[C@H](COP(=O)(O)OC[C@H](O)COP(=O)(O)OC[C@@H](COC(=O)CCCCCCCCCCCCCCCCCCCCC(C)C)OC(=O)CCCCCCCCCCCC(C)C)OC(=O)CCCCCCCCCCCCCCCCC(C)C. The van der Waals surface area contributed by atoms with Crippen molar-refractivity contribution < 1.29 is 80.2 Å². The third-order valence-corrected chi connectivity index (χ3v) is 21.1. The molecule has 0 aromatic heterocycles. The summed E-state index contributed by atoms with van der Waals surface area (Å²) in [5.41, 5.74) is 0. The van der Waals surface area contributed by atoms with Crippen LogP contribution in [0.25, 0.3) is 0 Å². The van der Waals surface area contributed by atoms with Crippen LogP contribution in [0.15, 0.2) is 0 Å². The lowest BCUT2D eigenvalue weighted by atomic mass is 10.00. The minimum atomic E-state index is -4.96. The van der Waals surface area contributed by atoms with E-state index in [2.05, 4.69) is 55.4 Å². The monoisotopic (exact) mass is 1470 g/mol. The Labute approximate surface area is 613 Å².